The molecule has 0 aliphatic carbocycles. The number of pyridine rings is 2. The molecule has 0 aliphatic heterocycles. The first-order valence-electron chi connectivity index (χ1n) is 6.77. The van der Waals surface area contributed by atoms with Gasteiger partial charge in [-0.05, 0) is 25.1 Å². The number of carbonyl (C=O) groups is 1. The Kier molecular flexibility index (Phi) is 5.09. The van der Waals surface area contributed by atoms with Gasteiger partial charge in [-0.3, -0.25) is 4.98 Å². The summed E-state index contributed by atoms with van der Waals surface area (Å²) >= 11 is 0. The second kappa shape index (κ2) is 7.23. The van der Waals surface area contributed by atoms with Gasteiger partial charge in [-0.1, -0.05) is 6.07 Å². The average Bonchev–Trinajstić information content (AvgIpc) is 2.50. The summed E-state index contributed by atoms with van der Waals surface area (Å²) in [6.45, 7) is 2.67. The first-order chi connectivity index (χ1) is 10.2. The zero-order chi connectivity index (χ0) is 15.1. The summed E-state index contributed by atoms with van der Waals surface area (Å²) in [6.07, 6.45) is 3.99. The number of hydrogen-bond donors (Lipinski definition) is 2. The van der Waals surface area contributed by atoms with E-state index in [0.29, 0.717) is 30.2 Å². The molecule has 0 amide bonds. The van der Waals surface area contributed by atoms with E-state index in [1.807, 2.05) is 18.2 Å². The largest absolute Gasteiger partial charge is 0.462 e. The molecule has 0 saturated carbocycles. The van der Waals surface area contributed by atoms with Gasteiger partial charge in [-0.25, -0.2) is 9.78 Å². The van der Waals surface area contributed by atoms with Crippen molar-refractivity contribution in [2.75, 3.05) is 24.2 Å². The Morgan fingerprint density at radius 3 is 2.95 bits per heavy atom. The Morgan fingerprint density at radius 1 is 1.38 bits per heavy atom. The summed E-state index contributed by atoms with van der Waals surface area (Å²) in [5, 5.41) is 3.12. The van der Waals surface area contributed by atoms with Crippen molar-refractivity contribution in [3.8, 4) is 0 Å². The summed E-state index contributed by atoms with van der Waals surface area (Å²) in [4.78, 5) is 20.3. The molecule has 21 heavy (non-hydrogen) atoms. The van der Waals surface area contributed by atoms with Crippen LogP contribution in [0, 0.1) is 0 Å². The standard InChI is InChI=1S/C15H18N4O2/c1-2-21-15(20)13-9-11(16)10-19-14(13)18-8-6-12-5-3-4-7-17-12/h3-5,7,9-10H,2,6,8,16H2,1H3,(H,18,19). The number of esters is 1. The van der Waals surface area contributed by atoms with Crippen molar-refractivity contribution in [2.45, 2.75) is 13.3 Å². The normalized spacial score (nSPS) is 10.1. The Labute approximate surface area is 123 Å². The molecule has 2 heterocycles. The van der Waals surface area contributed by atoms with E-state index in [1.165, 1.54) is 6.20 Å². The monoisotopic (exact) mass is 286 g/mol. The highest BCUT2D eigenvalue weighted by atomic mass is 16.5. The highest BCUT2D eigenvalue weighted by Crippen LogP contribution is 2.16. The highest BCUT2D eigenvalue weighted by molar-refractivity contribution is 5.95. The molecule has 0 bridgehead atoms. The molecule has 0 fully saturated rings. The number of nitrogens with zero attached hydrogens (tertiary/aromatic N) is 2. The highest BCUT2D eigenvalue weighted by Gasteiger charge is 2.14. The number of ether oxygens (including phenoxy) is 1. The first-order valence-corrected chi connectivity index (χ1v) is 6.77. The third-order valence-corrected chi connectivity index (χ3v) is 2.80. The SMILES string of the molecule is CCOC(=O)c1cc(N)cnc1NCCc1ccccn1. The van der Waals surface area contributed by atoms with Crippen LogP contribution in [0.5, 0.6) is 0 Å². The number of nitrogens with two attached hydrogens (primary N) is 1. The van der Waals surface area contributed by atoms with Gasteiger partial charge >= 0.3 is 5.97 Å². The van der Waals surface area contributed by atoms with E-state index in [4.69, 9.17) is 10.5 Å². The maximum Gasteiger partial charge on any atom is 0.341 e. The molecule has 0 radical (unpaired) electrons. The number of nitrogen functional groups attached to an aromatic ring is 1. The van der Waals surface area contributed by atoms with Crippen LogP contribution in [0.2, 0.25) is 0 Å². The predicted molar refractivity (Wildman–Crippen MR) is 81.0 cm³/mol. The van der Waals surface area contributed by atoms with Crippen LogP contribution < -0.4 is 11.1 Å². The fourth-order valence-electron chi connectivity index (χ4n) is 1.84. The molecule has 0 spiro atoms. The molecule has 0 aromatic carbocycles. The van der Waals surface area contributed by atoms with Gasteiger partial charge in [0, 0.05) is 24.9 Å². The Bertz CT molecular complexity index is 602. The van der Waals surface area contributed by atoms with Crippen LogP contribution in [-0.4, -0.2) is 29.1 Å². The summed E-state index contributed by atoms with van der Waals surface area (Å²) < 4.78 is 5.00. The van der Waals surface area contributed by atoms with Gasteiger partial charge in [-0.2, -0.15) is 0 Å². The molecule has 2 aromatic heterocycles. The van der Waals surface area contributed by atoms with E-state index < -0.39 is 5.97 Å². The minimum atomic E-state index is -0.433. The molecule has 0 aliphatic rings. The van der Waals surface area contributed by atoms with Crippen molar-refractivity contribution >= 4 is 17.5 Å². The van der Waals surface area contributed by atoms with E-state index >= 15 is 0 Å². The first kappa shape index (κ1) is 14.8. The Hall–Kier alpha value is -2.63. The van der Waals surface area contributed by atoms with Crippen LogP contribution in [0.25, 0.3) is 0 Å². The zero-order valence-electron chi connectivity index (χ0n) is 11.9. The van der Waals surface area contributed by atoms with E-state index in [1.54, 1.807) is 19.2 Å². The van der Waals surface area contributed by atoms with Gasteiger partial charge in [0.2, 0.25) is 0 Å². The van der Waals surface area contributed by atoms with Crippen LogP contribution in [0.1, 0.15) is 23.0 Å². The van der Waals surface area contributed by atoms with E-state index in [-0.39, 0.29) is 0 Å². The lowest BCUT2D eigenvalue weighted by Crippen LogP contribution is -2.14. The number of aromatic nitrogens is 2. The summed E-state index contributed by atoms with van der Waals surface area (Å²) in [5.74, 6) is 0.0382. The smallest absolute Gasteiger partial charge is 0.341 e. The molecular weight excluding hydrogens is 268 g/mol. The lowest BCUT2D eigenvalue weighted by Gasteiger charge is -2.10. The molecule has 0 atom stereocenters. The van der Waals surface area contributed by atoms with Gasteiger partial charge in [0.25, 0.3) is 0 Å². The number of rotatable bonds is 6. The number of hydrogen-bond acceptors (Lipinski definition) is 6. The molecule has 110 valence electrons. The Morgan fingerprint density at radius 2 is 2.24 bits per heavy atom. The van der Waals surface area contributed by atoms with Crippen LogP contribution >= 0.6 is 0 Å². The fraction of sp³-hybridized carbons (Fsp3) is 0.267. The van der Waals surface area contributed by atoms with Crippen molar-refractivity contribution in [1.29, 1.82) is 0 Å². The third kappa shape index (κ3) is 4.17. The molecule has 0 unspecified atom stereocenters. The van der Waals surface area contributed by atoms with E-state index in [9.17, 15) is 4.79 Å². The lowest BCUT2D eigenvalue weighted by molar-refractivity contribution is 0.0527. The summed E-state index contributed by atoms with van der Waals surface area (Å²) in [6, 6.07) is 7.32. The number of carbonyl (C=O) groups excluding carboxylic acids is 1. The topological polar surface area (TPSA) is 90.1 Å². The van der Waals surface area contributed by atoms with E-state index in [0.717, 1.165) is 12.1 Å². The minimum absolute atomic E-state index is 0.307. The van der Waals surface area contributed by atoms with E-state index in [2.05, 4.69) is 15.3 Å². The maximum absolute atomic E-state index is 11.9. The van der Waals surface area contributed by atoms with Crippen LogP contribution in [0.4, 0.5) is 11.5 Å². The summed E-state index contributed by atoms with van der Waals surface area (Å²) in [5.41, 5.74) is 7.41. The second-order valence-electron chi connectivity index (χ2n) is 4.38. The zero-order valence-corrected chi connectivity index (χ0v) is 11.9. The number of nitrogens with one attached hydrogen (secondary N) is 1. The van der Waals surface area contributed by atoms with Crippen molar-refractivity contribution in [3.63, 3.8) is 0 Å². The predicted octanol–water partition coefficient (Wildman–Crippen LogP) is 1.89. The van der Waals surface area contributed by atoms with Crippen molar-refractivity contribution in [3.05, 3.63) is 47.9 Å². The molecule has 2 rings (SSSR count). The van der Waals surface area contributed by atoms with Crippen molar-refractivity contribution < 1.29 is 9.53 Å². The average molecular weight is 286 g/mol. The van der Waals surface area contributed by atoms with Crippen LogP contribution in [0.3, 0.4) is 0 Å². The molecule has 2 aromatic rings. The molecule has 6 nitrogen and oxygen atoms in total. The fourth-order valence-corrected chi connectivity index (χ4v) is 1.84. The van der Waals surface area contributed by atoms with Gasteiger partial charge in [0.15, 0.2) is 0 Å². The third-order valence-electron chi connectivity index (χ3n) is 2.80. The van der Waals surface area contributed by atoms with Crippen molar-refractivity contribution in [1.82, 2.24) is 9.97 Å². The van der Waals surface area contributed by atoms with Gasteiger partial charge < -0.3 is 15.8 Å². The van der Waals surface area contributed by atoms with Gasteiger partial charge in [-0.15, -0.1) is 0 Å². The molecular formula is C15H18N4O2. The Balaban J connectivity index is 2.03. The van der Waals surface area contributed by atoms with Crippen LogP contribution in [-0.2, 0) is 11.2 Å². The molecule has 6 heteroatoms. The van der Waals surface area contributed by atoms with Crippen LogP contribution in [0.15, 0.2) is 36.7 Å². The lowest BCUT2D eigenvalue weighted by atomic mass is 10.2. The molecule has 0 saturated heterocycles. The van der Waals surface area contributed by atoms with Crippen molar-refractivity contribution in [2.24, 2.45) is 0 Å². The van der Waals surface area contributed by atoms with Gasteiger partial charge in [0.05, 0.1) is 18.5 Å². The number of anilines is 2. The second-order valence-corrected chi connectivity index (χ2v) is 4.38. The summed E-state index contributed by atoms with van der Waals surface area (Å²) in [7, 11) is 0. The maximum atomic E-state index is 11.9. The minimum Gasteiger partial charge on any atom is -0.462 e. The quantitative estimate of drug-likeness (QED) is 0.788. The molecule has 3 N–H and O–H groups in total. The van der Waals surface area contributed by atoms with Gasteiger partial charge in [0.1, 0.15) is 11.4 Å².